The van der Waals surface area contributed by atoms with Gasteiger partial charge in [-0.2, -0.15) is 12.7 Å². The topological polar surface area (TPSA) is 75.7 Å². The zero-order valence-corrected chi connectivity index (χ0v) is 12.4. The number of rotatable bonds is 4. The molecular weight excluding hydrogens is 299 g/mol. The summed E-state index contributed by atoms with van der Waals surface area (Å²) in [5.41, 5.74) is 0.561. The average molecular weight is 316 g/mol. The molecule has 0 aliphatic carbocycles. The smallest absolute Gasteiger partial charge is 0.374 e. The van der Waals surface area contributed by atoms with Crippen molar-refractivity contribution in [1.82, 2.24) is 4.31 Å². The Morgan fingerprint density at radius 1 is 1.33 bits per heavy atom. The molecule has 2 rings (SSSR count). The second-order valence-corrected chi connectivity index (χ2v) is 6.15. The van der Waals surface area contributed by atoms with Crippen molar-refractivity contribution in [2.24, 2.45) is 5.92 Å². The molecule has 1 N–H and O–H groups in total. The van der Waals surface area contributed by atoms with Crippen molar-refractivity contribution < 1.29 is 21.8 Å². The highest BCUT2D eigenvalue weighted by molar-refractivity contribution is 7.83. The molecule has 0 aromatic heterocycles. The Morgan fingerprint density at radius 3 is 2.52 bits per heavy atom. The van der Waals surface area contributed by atoms with Crippen LogP contribution in [0.1, 0.15) is 12.8 Å². The summed E-state index contributed by atoms with van der Waals surface area (Å²) < 4.78 is 40.3. The number of piperidine rings is 1. The fourth-order valence-corrected chi connectivity index (χ4v) is 2.97. The van der Waals surface area contributed by atoms with E-state index in [0.717, 1.165) is 4.31 Å². The minimum Gasteiger partial charge on any atom is -0.495 e. The number of anilines is 1. The molecule has 1 saturated heterocycles. The third kappa shape index (κ3) is 3.92. The Morgan fingerprint density at radius 2 is 1.95 bits per heavy atom. The van der Waals surface area contributed by atoms with Crippen LogP contribution in [0.4, 0.5) is 9.57 Å². The maximum atomic E-state index is 12.8. The molecule has 0 unspecified atom stereocenters. The zero-order chi connectivity index (χ0) is 15.5. The van der Waals surface area contributed by atoms with Crippen LogP contribution in [-0.4, -0.2) is 38.8 Å². The third-order valence-electron chi connectivity index (χ3n) is 3.50. The predicted octanol–water partition coefficient (Wildman–Crippen LogP) is 1.56. The maximum absolute atomic E-state index is 12.8. The van der Waals surface area contributed by atoms with E-state index in [1.807, 2.05) is 0 Å². The van der Waals surface area contributed by atoms with Gasteiger partial charge >= 0.3 is 10.4 Å². The predicted molar refractivity (Wildman–Crippen MR) is 75.9 cm³/mol. The number of ether oxygens (including phenoxy) is 1. The van der Waals surface area contributed by atoms with Crippen molar-refractivity contribution in [3.63, 3.8) is 0 Å². The van der Waals surface area contributed by atoms with Crippen LogP contribution in [0, 0.1) is 5.92 Å². The zero-order valence-electron chi connectivity index (χ0n) is 11.6. The van der Waals surface area contributed by atoms with Gasteiger partial charge in [0.2, 0.25) is 5.91 Å². The monoisotopic (exact) mass is 316 g/mol. The van der Waals surface area contributed by atoms with E-state index >= 15 is 0 Å². The fourth-order valence-electron chi connectivity index (χ4n) is 2.32. The molecule has 1 amide bonds. The first-order valence-electron chi connectivity index (χ1n) is 6.55. The van der Waals surface area contributed by atoms with Crippen LogP contribution in [0.3, 0.4) is 0 Å². The molecular formula is C13H17FN2O4S. The number of para-hydroxylation sites is 2. The minimum absolute atomic E-state index is 0.0167. The summed E-state index contributed by atoms with van der Waals surface area (Å²) in [7, 11) is -3.15. The number of amides is 1. The van der Waals surface area contributed by atoms with Crippen molar-refractivity contribution in [2.45, 2.75) is 12.8 Å². The number of carbonyl (C=O) groups is 1. The van der Waals surface area contributed by atoms with Crippen molar-refractivity contribution in [1.29, 1.82) is 0 Å². The summed E-state index contributed by atoms with van der Waals surface area (Å²) in [5, 5.41) is 2.76. The van der Waals surface area contributed by atoms with Gasteiger partial charge in [0.1, 0.15) is 5.75 Å². The molecule has 8 heteroatoms. The summed E-state index contributed by atoms with van der Waals surface area (Å²) in [6.45, 7) is 0.0334. The number of halogens is 1. The van der Waals surface area contributed by atoms with Gasteiger partial charge in [0.25, 0.3) is 0 Å². The number of nitrogens with one attached hydrogen (secondary N) is 1. The van der Waals surface area contributed by atoms with E-state index in [4.69, 9.17) is 4.74 Å². The molecule has 116 valence electrons. The molecule has 6 nitrogen and oxygen atoms in total. The Kier molecular flexibility index (Phi) is 4.79. The quantitative estimate of drug-likeness (QED) is 0.855. The summed E-state index contributed by atoms with van der Waals surface area (Å²) in [5.74, 6) is -0.00191. The summed E-state index contributed by atoms with van der Waals surface area (Å²) in [6, 6.07) is 7.02. The lowest BCUT2D eigenvalue weighted by atomic mass is 9.97. The molecule has 1 fully saturated rings. The largest absolute Gasteiger partial charge is 0.495 e. The van der Waals surface area contributed by atoms with Crippen molar-refractivity contribution in [2.75, 3.05) is 25.5 Å². The van der Waals surface area contributed by atoms with Crippen LogP contribution < -0.4 is 10.1 Å². The molecule has 21 heavy (non-hydrogen) atoms. The molecule has 1 aliphatic rings. The van der Waals surface area contributed by atoms with Crippen LogP contribution in [0.2, 0.25) is 0 Å². The lowest BCUT2D eigenvalue weighted by molar-refractivity contribution is -0.120. The molecule has 0 bridgehead atoms. The molecule has 1 aromatic carbocycles. The Bertz CT molecular complexity index is 612. The van der Waals surface area contributed by atoms with Crippen LogP contribution in [0.25, 0.3) is 0 Å². The van der Waals surface area contributed by atoms with E-state index in [-0.39, 0.29) is 24.9 Å². The van der Waals surface area contributed by atoms with Crippen molar-refractivity contribution in [3.8, 4) is 5.75 Å². The highest BCUT2D eigenvalue weighted by Crippen LogP contribution is 2.26. The first-order valence-corrected chi connectivity index (χ1v) is 7.89. The highest BCUT2D eigenvalue weighted by Gasteiger charge is 2.31. The number of nitrogens with zero attached hydrogens (tertiary/aromatic N) is 1. The van der Waals surface area contributed by atoms with Crippen LogP contribution in [0.5, 0.6) is 5.75 Å². The first-order chi connectivity index (χ1) is 9.91. The third-order valence-corrected chi connectivity index (χ3v) is 4.48. The normalized spacial score (nSPS) is 17.4. The molecule has 0 spiro atoms. The lowest BCUT2D eigenvalue weighted by Crippen LogP contribution is -2.39. The molecule has 1 aromatic rings. The van der Waals surface area contributed by atoms with Crippen molar-refractivity contribution in [3.05, 3.63) is 24.3 Å². The van der Waals surface area contributed by atoms with Crippen molar-refractivity contribution >= 4 is 22.0 Å². The van der Waals surface area contributed by atoms with Crippen LogP contribution in [0.15, 0.2) is 24.3 Å². The first kappa shape index (κ1) is 15.7. The second-order valence-electron chi connectivity index (χ2n) is 4.80. The van der Waals surface area contributed by atoms with Gasteiger partial charge in [-0.25, -0.2) is 0 Å². The lowest BCUT2D eigenvalue weighted by Gasteiger charge is -2.27. The molecule has 0 saturated carbocycles. The number of benzene rings is 1. The van der Waals surface area contributed by atoms with Gasteiger partial charge < -0.3 is 10.1 Å². The Labute approximate surface area is 123 Å². The van der Waals surface area contributed by atoms with Gasteiger partial charge in [-0.3, -0.25) is 4.79 Å². The van der Waals surface area contributed by atoms with Gasteiger partial charge in [-0.1, -0.05) is 16.0 Å². The van der Waals surface area contributed by atoms with Crippen LogP contribution >= 0.6 is 0 Å². The fraction of sp³-hybridized carbons (Fsp3) is 0.462. The summed E-state index contributed by atoms with van der Waals surface area (Å²) in [6.07, 6.45) is 0.592. The second kappa shape index (κ2) is 6.40. The van der Waals surface area contributed by atoms with Crippen LogP contribution in [-0.2, 0) is 15.2 Å². The van der Waals surface area contributed by atoms with E-state index < -0.39 is 10.4 Å². The van der Waals surface area contributed by atoms with E-state index in [1.54, 1.807) is 24.3 Å². The maximum Gasteiger partial charge on any atom is 0.374 e. The minimum atomic E-state index is -4.66. The van der Waals surface area contributed by atoms with Gasteiger partial charge in [0.15, 0.2) is 0 Å². The Hall–Kier alpha value is -1.67. The molecule has 1 heterocycles. The summed E-state index contributed by atoms with van der Waals surface area (Å²) >= 11 is 0. The number of hydrogen-bond donors (Lipinski definition) is 1. The van der Waals surface area contributed by atoms with Gasteiger partial charge in [-0.15, -0.1) is 0 Å². The summed E-state index contributed by atoms with van der Waals surface area (Å²) in [4.78, 5) is 12.2. The molecule has 1 aliphatic heterocycles. The molecule has 0 radical (unpaired) electrons. The van der Waals surface area contributed by atoms with Gasteiger partial charge in [-0.05, 0) is 25.0 Å². The van der Waals surface area contributed by atoms with E-state index in [9.17, 15) is 17.1 Å². The number of methoxy groups -OCH3 is 1. The van der Waals surface area contributed by atoms with Gasteiger partial charge in [0, 0.05) is 19.0 Å². The number of carbonyl (C=O) groups excluding carboxylic acids is 1. The number of hydrogen-bond acceptors (Lipinski definition) is 4. The SMILES string of the molecule is COc1ccccc1NC(=O)C1CCN(S(=O)(=O)F)CC1. The van der Waals surface area contributed by atoms with Gasteiger partial charge in [0.05, 0.1) is 12.8 Å². The standard InChI is InChI=1S/C13H17FN2O4S/c1-20-12-5-3-2-4-11(12)15-13(17)10-6-8-16(9-7-10)21(14,18)19/h2-5,10H,6-9H2,1H3,(H,15,17). The molecule has 0 atom stereocenters. The van der Waals surface area contributed by atoms with E-state index in [0.29, 0.717) is 24.3 Å². The highest BCUT2D eigenvalue weighted by atomic mass is 32.3. The van der Waals surface area contributed by atoms with E-state index in [2.05, 4.69) is 5.32 Å². The Balaban J connectivity index is 1.97. The van der Waals surface area contributed by atoms with E-state index in [1.165, 1.54) is 7.11 Å². The average Bonchev–Trinajstić information content (AvgIpc) is 2.47.